The Morgan fingerprint density at radius 3 is 2.50 bits per heavy atom. The van der Waals surface area contributed by atoms with E-state index in [1.165, 1.54) is 0 Å². The van der Waals surface area contributed by atoms with Crippen molar-refractivity contribution in [1.82, 2.24) is 15.0 Å². The van der Waals surface area contributed by atoms with Crippen LogP contribution in [0.5, 0.6) is 0 Å². The van der Waals surface area contributed by atoms with Gasteiger partial charge in [0.1, 0.15) is 0 Å². The molecule has 2 aromatic rings. The molecule has 3 N–H and O–H groups in total. The molecule has 0 radical (unpaired) electrons. The molecule has 1 heterocycles. The molecule has 9 heteroatoms. The van der Waals surface area contributed by atoms with Gasteiger partial charge < -0.3 is 15.8 Å². The van der Waals surface area contributed by atoms with Gasteiger partial charge >= 0.3 is 6.18 Å². The number of hydrogen-bond donors (Lipinski definition) is 2. The van der Waals surface area contributed by atoms with E-state index in [9.17, 15) is 13.2 Å². The molecule has 130 valence electrons. The van der Waals surface area contributed by atoms with E-state index in [4.69, 9.17) is 10.5 Å². The average Bonchev–Trinajstić information content (AvgIpc) is 2.53. The second kappa shape index (κ2) is 7.91. The predicted molar refractivity (Wildman–Crippen MR) is 83.0 cm³/mol. The van der Waals surface area contributed by atoms with Crippen LogP contribution in [-0.4, -0.2) is 27.6 Å². The van der Waals surface area contributed by atoms with Crippen molar-refractivity contribution >= 4 is 11.9 Å². The van der Waals surface area contributed by atoms with Crippen LogP contribution in [0, 0.1) is 0 Å². The van der Waals surface area contributed by atoms with Gasteiger partial charge in [0.05, 0.1) is 19.3 Å². The first-order chi connectivity index (χ1) is 11.4. The smallest absolute Gasteiger partial charge is 0.375 e. The van der Waals surface area contributed by atoms with Gasteiger partial charge in [-0.2, -0.15) is 28.1 Å². The van der Waals surface area contributed by atoms with Gasteiger partial charge in [-0.05, 0) is 12.0 Å². The summed E-state index contributed by atoms with van der Waals surface area (Å²) in [7, 11) is 0. The molecule has 0 aliphatic carbocycles. The zero-order valence-corrected chi connectivity index (χ0v) is 13.0. The van der Waals surface area contributed by atoms with Crippen LogP contribution in [0.25, 0.3) is 0 Å². The number of benzene rings is 1. The van der Waals surface area contributed by atoms with Crippen molar-refractivity contribution in [1.29, 1.82) is 0 Å². The van der Waals surface area contributed by atoms with Crippen molar-refractivity contribution in [3.05, 3.63) is 41.7 Å². The molecule has 24 heavy (non-hydrogen) atoms. The van der Waals surface area contributed by atoms with Gasteiger partial charge in [-0.25, -0.2) is 0 Å². The Morgan fingerprint density at radius 1 is 1.17 bits per heavy atom. The zero-order chi connectivity index (χ0) is 17.6. The highest BCUT2D eigenvalue weighted by atomic mass is 19.4. The number of aromatic nitrogens is 3. The van der Waals surface area contributed by atoms with Gasteiger partial charge in [0.25, 0.3) is 0 Å². The Balaban J connectivity index is 1.96. The molecule has 0 fully saturated rings. The quantitative estimate of drug-likeness (QED) is 0.805. The second-order valence-corrected chi connectivity index (χ2v) is 5.09. The summed E-state index contributed by atoms with van der Waals surface area (Å²) in [5.41, 5.74) is 6.33. The molecule has 0 aliphatic heterocycles. The van der Waals surface area contributed by atoms with E-state index in [-0.39, 0.29) is 12.0 Å². The largest absolute Gasteiger partial charge is 0.451 e. The first kappa shape index (κ1) is 17.9. The number of nitrogen functional groups attached to an aromatic ring is 1. The van der Waals surface area contributed by atoms with Gasteiger partial charge in [0, 0.05) is 0 Å². The third kappa shape index (κ3) is 5.34. The number of nitrogens with one attached hydrogen (secondary N) is 1. The Bertz CT molecular complexity index is 651. The number of halogens is 3. The monoisotopic (exact) mass is 341 g/mol. The van der Waals surface area contributed by atoms with Crippen LogP contribution in [0.3, 0.4) is 0 Å². The number of nitrogens with two attached hydrogens (primary N) is 1. The molecule has 0 saturated carbocycles. The number of rotatable bonds is 7. The second-order valence-electron chi connectivity index (χ2n) is 5.09. The lowest BCUT2D eigenvalue weighted by Gasteiger charge is -2.18. The molecule has 1 unspecified atom stereocenters. The van der Waals surface area contributed by atoms with E-state index in [0.29, 0.717) is 19.6 Å². The molecule has 0 aliphatic rings. The minimum absolute atomic E-state index is 0.218. The number of alkyl halides is 3. The maximum Gasteiger partial charge on any atom is 0.451 e. The lowest BCUT2D eigenvalue weighted by atomic mass is 10.2. The molecular formula is C15H18F3N5O. The van der Waals surface area contributed by atoms with Crippen LogP contribution < -0.4 is 11.1 Å². The molecular weight excluding hydrogens is 323 g/mol. The lowest BCUT2D eigenvalue weighted by molar-refractivity contribution is -0.144. The van der Waals surface area contributed by atoms with E-state index >= 15 is 0 Å². The highest BCUT2D eigenvalue weighted by Crippen LogP contribution is 2.26. The van der Waals surface area contributed by atoms with Crippen molar-refractivity contribution in [3.8, 4) is 0 Å². The first-order valence-corrected chi connectivity index (χ1v) is 7.35. The maximum atomic E-state index is 12.7. The molecule has 1 aromatic carbocycles. The molecule has 0 saturated heterocycles. The van der Waals surface area contributed by atoms with Crippen molar-refractivity contribution in [3.63, 3.8) is 0 Å². The summed E-state index contributed by atoms with van der Waals surface area (Å²) in [4.78, 5) is 10.2. The van der Waals surface area contributed by atoms with Crippen molar-refractivity contribution in [2.75, 3.05) is 17.7 Å². The van der Waals surface area contributed by atoms with Gasteiger partial charge in [-0.3, -0.25) is 0 Å². The normalized spacial score (nSPS) is 12.8. The average molecular weight is 341 g/mol. The van der Waals surface area contributed by atoms with E-state index in [2.05, 4.69) is 20.3 Å². The number of ether oxygens (including phenoxy) is 1. The number of nitrogens with zero attached hydrogens (tertiary/aromatic N) is 3. The molecule has 1 atom stereocenters. The minimum atomic E-state index is -4.68. The summed E-state index contributed by atoms with van der Waals surface area (Å²) in [6.45, 7) is 2.57. The summed E-state index contributed by atoms with van der Waals surface area (Å²) >= 11 is 0. The molecule has 0 spiro atoms. The zero-order valence-electron chi connectivity index (χ0n) is 13.0. The van der Waals surface area contributed by atoms with Crippen LogP contribution in [0.15, 0.2) is 30.3 Å². The fraction of sp³-hybridized carbons (Fsp3) is 0.400. The fourth-order valence-electron chi connectivity index (χ4n) is 1.92. The predicted octanol–water partition coefficient (Wildman–Crippen LogP) is 2.88. The summed E-state index contributed by atoms with van der Waals surface area (Å²) in [5.74, 6) is -2.03. The van der Waals surface area contributed by atoms with Gasteiger partial charge in [-0.1, -0.05) is 37.3 Å². The fourth-order valence-corrected chi connectivity index (χ4v) is 1.92. The van der Waals surface area contributed by atoms with Gasteiger partial charge in [0.15, 0.2) is 0 Å². The van der Waals surface area contributed by atoms with E-state index in [1.54, 1.807) is 0 Å². The highest BCUT2D eigenvalue weighted by molar-refractivity contribution is 5.32. The number of hydrogen-bond acceptors (Lipinski definition) is 6. The summed E-state index contributed by atoms with van der Waals surface area (Å²) in [6, 6.07) is 9.31. The van der Waals surface area contributed by atoms with E-state index < -0.39 is 17.9 Å². The van der Waals surface area contributed by atoms with Gasteiger partial charge in [0.2, 0.25) is 17.7 Å². The lowest BCUT2D eigenvalue weighted by Crippen LogP contribution is -2.27. The van der Waals surface area contributed by atoms with Crippen LogP contribution in [0.4, 0.5) is 25.1 Å². The van der Waals surface area contributed by atoms with Gasteiger partial charge in [-0.15, -0.1) is 0 Å². The summed E-state index contributed by atoms with van der Waals surface area (Å²) in [5, 5.41) is 2.80. The highest BCUT2D eigenvalue weighted by Gasteiger charge is 2.35. The third-order valence-electron chi connectivity index (χ3n) is 3.16. The van der Waals surface area contributed by atoms with Crippen LogP contribution in [0.1, 0.15) is 24.7 Å². The SMILES string of the molecule is CCC(COCc1ccccc1)Nc1nc(N)nc(C(F)(F)F)n1. The van der Waals surface area contributed by atoms with E-state index in [1.807, 2.05) is 37.3 Å². The topological polar surface area (TPSA) is 86.0 Å². The Morgan fingerprint density at radius 2 is 1.88 bits per heavy atom. The number of anilines is 2. The Kier molecular flexibility index (Phi) is 5.91. The molecule has 0 amide bonds. The molecule has 1 aromatic heterocycles. The minimum Gasteiger partial charge on any atom is -0.375 e. The summed E-state index contributed by atoms with van der Waals surface area (Å²) < 4.78 is 43.7. The van der Waals surface area contributed by atoms with Crippen LogP contribution in [-0.2, 0) is 17.5 Å². The maximum absolute atomic E-state index is 12.7. The molecule has 0 bridgehead atoms. The molecule has 2 rings (SSSR count). The third-order valence-corrected chi connectivity index (χ3v) is 3.16. The standard InChI is InChI=1S/C15H18F3N5O/c1-2-11(9-24-8-10-6-4-3-5-7-10)20-14-22-12(15(16,17)18)21-13(19)23-14/h3-7,11H,2,8-9H2,1H3,(H3,19,20,21,22,23). The van der Waals surface area contributed by atoms with Crippen molar-refractivity contribution < 1.29 is 17.9 Å². The Hall–Kier alpha value is -2.42. The van der Waals surface area contributed by atoms with Crippen LogP contribution in [0.2, 0.25) is 0 Å². The van der Waals surface area contributed by atoms with Crippen molar-refractivity contribution in [2.24, 2.45) is 0 Å². The van der Waals surface area contributed by atoms with E-state index in [0.717, 1.165) is 5.56 Å². The Labute approximate surface area is 137 Å². The first-order valence-electron chi connectivity index (χ1n) is 7.35. The van der Waals surface area contributed by atoms with Crippen molar-refractivity contribution in [2.45, 2.75) is 32.2 Å². The van der Waals surface area contributed by atoms with Crippen LogP contribution >= 0.6 is 0 Å². The summed E-state index contributed by atoms with van der Waals surface area (Å²) in [6.07, 6.45) is -4.07. The molecule has 6 nitrogen and oxygen atoms in total.